The standard InChI is InChI=1S/C14H23F3N6O/c1-4-18-13(19-9-12-20-11(3)24-21-12)23-7-5-22(6-8-23)10(2)14(15,16)17/h10H,4-9H2,1-3H3,(H,18,19). The van der Waals surface area contributed by atoms with Gasteiger partial charge in [-0.2, -0.15) is 18.2 Å². The summed E-state index contributed by atoms with van der Waals surface area (Å²) in [4.78, 5) is 11.9. The fourth-order valence-electron chi connectivity index (χ4n) is 2.50. The summed E-state index contributed by atoms with van der Waals surface area (Å²) >= 11 is 0. The van der Waals surface area contributed by atoms with E-state index in [0.717, 1.165) is 0 Å². The second kappa shape index (κ2) is 7.82. The maximum absolute atomic E-state index is 12.8. The minimum Gasteiger partial charge on any atom is -0.357 e. The number of piperazine rings is 1. The summed E-state index contributed by atoms with van der Waals surface area (Å²) in [6, 6.07) is -1.43. The Hall–Kier alpha value is -1.84. The molecule has 0 amide bonds. The number of aliphatic imine (C=N–C) groups is 1. The lowest BCUT2D eigenvalue weighted by Gasteiger charge is -2.39. The third-order valence-electron chi connectivity index (χ3n) is 3.91. The van der Waals surface area contributed by atoms with Gasteiger partial charge in [-0.15, -0.1) is 0 Å². The van der Waals surface area contributed by atoms with Crippen LogP contribution in [0.3, 0.4) is 0 Å². The molecule has 7 nitrogen and oxygen atoms in total. The molecule has 0 aromatic carbocycles. The molecule has 0 saturated carbocycles. The Balaban J connectivity index is 1.95. The average molecular weight is 348 g/mol. The number of rotatable bonds is 4. The van der Waals surface area contributed by atoms with Gasteiger partial charge >= 0.3 is 6.18 Å². The van der Waals surface area contributed by atoms with Crippen LogP contribution in [-0.4, -0.2) is 70.8 Å². The number of aromatic nitrogens is 2. The molecule has 10 heteroatoms. The van der Waals surface area contributed by atoms with Gasteiger partial charge in [0.25, 0.3) is 0 Å². The van der Waals surface area contributed by atoms with Gasteiger partial charge in [0.05, 0.1) is 0 Å². The van der Waals surface area contributed by atoms with Crippen LogP contribution in [0.25, 0.3) is 0 Å². The third kappa shape index (κ3) is 4.83. The highest BCUT2D eigenvalue weighted by atomic mass is 19.4. The van der Waals surface area contributed by atoms with Crippen LogP contribution in [0, 0.1) is 6.92 Å². The highest BCUT2D eigenvalue weighted by molar-refractivity contribution is 5.80. The number of alkyl halides is 3. The molecular formula is C14H23F3N6O. The summed E-state index contributed by atoms with van der Waals surface area (Å²) in [5.74, 6) is 1.60. The summed E-state index contributed by atoms with van der Waals surface area (Å²) in [7, 11) is 0. The van der Waals surface area contributed by atoms with Crippen LogP contribution >= 0.6 is 0 Å². The summed E-state index contributed by atoms with van der Waals surface area (Å²) in [5, 5.41) is 6.94. The second-order valence-electron chi connectivity index (χ2n) is 5.64. The van der Waals surface area contributed by atoms with Crippen molar-refractivity contribution >= 4 is 5.96 Å². The van der Waals surface area contributed by atoms with Crippen molar-refractivity contribution in [3.05, 3.63) is 11.7 Å². The van der Waals surface area contributed by atoms with Crippen molar-refractivity contribution < 1.29 is 17.7 Å². The van der Waals surface area contributed by atoms with Crippen molar-refractivity contribution in [2.75, 3.05) is 32.7 Å². The van der Waals surface area contributed by atoms with E-state index < -0.39 is 12.2 Å². The number of guanidine groups is 1. The maximum atomic E-state index is 12.8. The van der Waals surface area contributed by atoms with Crippen molar-refractivity contribution in [1.82, 2.24) is 25.3 Å². The first-order chi connectivity index (χ1) is 11.3. The van der Waals surface area contributed by atoms with Gasteiger partial charge in [-0.1, -0.05) is 5.16 Å². The predicted molar refractivity (Wildman–Crippen MR) is 82.5 cm³/mol. The van der Waals surface area contributed by atoms with Crippen LogP contribution in [0.15, 0.2) is 9.52 Å². The fourth-order valence-corrected chi connectivity index (χ4v) is 2.50. The Kier molecular flexibility index (Phi) is 6.03. The molecule has 0 radical (unpaired) electrons. The molecule has 24 heavy (non-hydrogen) atoms. The molecule has 1 aromatic rings. The lowest BCUT2D eigenvalue weighted by molar-refractivity contribution is -0.181. The largest absolute Gasteiger partial charge is 0.403 e. The van der Waals surface area contributed by atoms with Crippen LogP contribution in [0.2, 0.25) is 0 Å². The van der Waals surface area contributed by atoms with Gasteiger partial charge in [-0.25, -0.2) is 4.99 Å². The summed E-state index contributed by atoms with van der Waals surface area (Å²) in [6.07, 6.45) is -4.20. The molecule has 1 aliphatic heterocycles. The van der Waals surface area contributed by atoms with E-state index in [1.807, 2.05) is 11.8 Å². The van der Waals surface area contributed by atoms with Crippen molar-refractivity contribution in [1.29, 1.82) is 0 Å². The summed E-state index contributed by atoms with van der Waals surface area (Å²) in [6.45, 7) is 7.42. The monoisotopic (exact) mass is 348 g/mol. The number of nitrogens with one attached hydrogen (secondary N) is 1. The summed E-state index contributed by atoms with van der Waals surface area (Å²) < 4.78 is 43.3. The molecule has 0 spiro atoms. The van der Waals surface area contributed by atoms with Crippen LogP contribution in [0.5, 0.6) is 0 Å². The van der Waals surface area contributed by atoms with Crippen LogP contribution in [0.4, 0.5) is 13.2 Å². The quantitative estimate of drug-likeness (QED) is 0.655. The van der Waals surface area contributed by atoms with E-state index >= 15 is 0 Å². The van der Waals surface area contributed by atoms with Gasteiger partial charge in [-0.3, -0.25) is 4.90 Å². The zero-order valence-electron chi connectivity index (χ0n) is 14.1. The first-order valence-electron chi connectivity index (χ1n) is 7.94. The predicted octanol–water partition coefficient (Wildman–Crippen LogP) is 1.41. The molecule has 1 aromatic heterocycles. The van der Waals surface area contributed by atoms with Gasteiger partial charge in [-0.05, 0) is 13.8 Å². The molecule has 0 bridgehead atoms. The number of hydrogen-bond donors (Lipinski definition) is 1. The first kappa shape index (κ1) is 18.5. The fraction of sp³-hybridized carbons (Fsp3) is 0.786. The first-order valence-corrected chi connectivity index (χ1v) is 7.94. The molecule has 1 fully saturated rings. The molecular weight excluding hydrogens is 325 g/mol. The van der Waals surface area contributed by atoms with E-state index in [-0.39, 0.29) is 6.54 Å². The number of halogens is 3. The molecule has 1 aliphatic rings. The Labute approximate surface area is 138 Å². The lowest BCUT2D eigenvalue weighted by atomic mass is 10.2. The smallest absolute Gasteiger partial charge is 0.357 e. The average Bonchev–Trinajstić information content (AvgIpc) is 2.95. The van der Waals surface area contributed by atoms with E-state index in [0.29, 0.717) is 50.4 Å². The topological polar surface area (TPSA) is 69.8 Å². The summed E-state index contributed by atoms with van der Waals surface area (Å²) in [5.41, 5.74) is 0. The molecule has 2 heterocycles. The number of hydrogen-bond acceptors (Lipinski definition) is 5. The zero-order valence-corrected chi connectivity index (χ0v) is 14.1. The Bertz CT molecular complexity index is 551. The molecule has 0 aliphatic carbocycles. The second-order valence-corrected chi connectivity index (χ2v) is 5.64. The normalized spacial score (nSPS) is 18.8. The maximum Gasteiger partial charge on any atom is 0.403 e. The molecule has 2 rings (SSSR count). The molecule has 1 unspecified atom stereocenters. The molecule has 1 saturated heterocycles. The van der Waals surface area contributed by atoms with Crippen molar-refractivity contribution in [2.45, 2.75) is 39.5 Å². The van der Waals surface area contributed by atoms with Gasteiger partial charge in [0.1, 0.15) is 12.6 Å². The highest BCUT2D eigenvalue weighted by Gasteiger charge is 2.41. The minimum atomic E-state index is -4.20. The molecule has 136 valence electrons. The molecule has 1 N–H and O–H groups in total. The Morgan fingerprint density at radius 3 is 2.50 bits per heavy atom. The Morgan fingerprint density at radius 2 is 2.00 bits per heavy atom. The van der Waals surface area contributed by atoms with Gasteiger partial charge in [0.2, 0.25) is 5.89 Å². The Morgan fingerprint density at radius 1 is 1.33 bits per heavy atom. The van der Waals surface area contributed by atoms with Crippen LogP contribution in [-0.2, 0) is 6.54 Å². The number of aryl methyl sites for hydroxylation is 1. The van der Waals surface area contributed by atoms with E-state index in [4.69, 9.17) is 4.52 Å². The lowest BCUT2D eigenvalue weighted by Crippen LogP contribution is -2.56. The van der Waals surface area contributed by atoms with Gasteiger partial charge in [0, 0.05) is 39.6 Å². The van der Waals surface area contributed by atoms with Gasteiger partial charge < -0.3 is 14.7 Å². The highest BCUT2D eigenvalue weighted by Crippen LogP contribution is 2.25. The SMILES string of the molecule is CCNC(=NCc1noc(C)n1)N1CCN(C(C)C(F)(F)F)CC1. The van der Waals surface area contributed by atoms with Crippen molar-refractivity contribution in [3.8, 4) is 0 Å². The van der Waals surface area contributed by atoms with Gasteiger partial charge in [0.15, 0.2) is 11.8 Å². The van der Waals surface area contributed by atoms with E-state index in [1.165, 1.54) is 11.8 Å². The molecule has 1 atom stereocenters. The number of nitrogens with zero attached hydrogens (tertiary/aromatic N) is 5. The zero-order chi connectivity index (χ0) is 17.7. The van der Waals surface area contributed by atoms with Crippen molar-refractivity contribution in [3.63, 3.8) is 0 Å². The van der Waals surface area contributed by atoms with E-state index in [9.17, 15) is 13.2 Å². The van der Waals surface area contributed by atoms with E-state index in [1.54, 1.807) is 6.92 Å². The van der Waals surface area contributed by atoms with E-state index in [2.05, 4.69) is 20.4 Å². The third-order valence-corrected chi connectivity index (χ3v) is 3.91. The minimum absolute atomic E-state index is 0.263. The van der Waals surface area contributed by atoms with Crippen LogP contribution in [0.1, 0.15) is 25.6 Å². The van der Waals surface area contributed by atoms with Crippen molar-refractivity contribution in [2.24, 2.45) is 4.99 Å². The van der Waals surface area contributed by atoms with Crippen LogP contribution < -0.4 is 5.32 Å².